The normalized spacial score (nSPS) is 13.1. The molecular formula is C29H48N2O4. The standard InChI is InChI=1S/C21H30N2O4.C6H12.C2H6/c1-4-5-6-7-11-20(25)22-14-21(26)23-18(19(24)15-27-3)13-17-10-8-9-16(2)12-17;1-2-4-6-5-3-1;1-2/h4,8-10,12,18H,1,5-7,11,13-15H2,2-3H3,(H,22,25)(H,23,26);1-6H2;1-2H3. The number of ether oxygens (including phenoxy) is 1. The van der Waals surface area contributed by atoms with Crippen molar-refractivity contribution in [2.24, 2.45) is 0 Å². The molecule has 2 rings (SSSR count). The zero-order chi connectivity index (χ0) is 26.3. The van der Waals surface area contributed by atoms with Gasteiger partial charge in [0.2, 0.25) is 11.8 Å². The Kier molecular flexibility index (Phi) is 20.5. The second kappa shape index (κ2) is 22.0. The first-order chi connectivity index (χ1) is 17.0. The molecule has 0 heterocycles. The molecule has 198 valence electrons. The minimum Gasteiger partial charge on any atom is -0.377 e. The number of rotatable bonds is 13. The first kappa shape index (κ1) is 32.5. The smallest absolute Gasteiger partial charge is 0.239 e. The van der Waals surface area contributed by atoms with E-state index in [1.54, 1.807) is 0 Å². The lowest BCUT2D eigenvalue weighted by atomic mass is 10.0. The Labute approximate surface area is 213 Å². The van der Waals surface area contributed by atoms with Crippen molar-refractivity contribution in [3.05, 3.63) is 48.0 Å². The molecule has 1 aromatic rings. The summed E-state index contributed by atoms with van der Waals surface area (Å²) in [5.74, 6) is -0.771. The van der Waals surface area contributed by atoms with Crippen molar-refractivity contribution >= 4 is 17.6 Å². The van der Waals surface area contributed by atoms with E-state index >= 15 is 0 Å². The number of methoxy groups -OCH3 is 1. The van der Waals surface area contributed by atoms with Gasteiger partial charge in [0.25, 0.3) is 0 Å². The summed E-state index contributed by atoms with van der Waals surface area (Å²) in [4.78, 5) is 36.2. The molecule has 0 radical (unpaired) electrons. The summed E-state index contributed by atoms with van der Waals surface area (Å²) in [6.45, 7) is 9.38. The third-order valence-electron chi connectivity index (χ3n) is 5.54. The summed E-state index contributed by atoms with van der Waals surface area (Å²) < 4.78 is 4.91. The fourth-order valence-corrected chi connectivity index (χ4v) is 3.71. The second-order valence-electron chi connectivity index (χ2n) is 8.65. The number of Topliss-reactive ketones (excluding diaryl/α,β-unsaturated/α-hetero) is 1. The molecule has 0 aliphatic heterocycles. The monoisotopic (exact) mass is 488 g/mol. The molecule has 35 heavy (non-hydrogen) atoms. The molecule has 1 unspecified atom stereocenters. The summed E-state index contributed by atoms with van der Waals surface area (Å²) >= 11 is 0. The minimum absolute atomic E-state index is 0.0770. The maximum Gasteiger partial charge on any atom is 0.239 e. The highest BCUT2D eigenvalue weighted by Gasteiger charge is 2.21. The van der Waals surface area contributed by atoms with Gasteiger partial charge in [-0.15, -0.1) is 6.58 Å². The van der Waals surface area contributed by atoms with Crippen LogP contribution in [0.5, 0.6) is 0 Å². The summed E-state index contributed by atoms with van der Waals surface area (Å²) in [5.41, 5.74) is 2.04. The number of nitrogens with one attached hydrogen (secondary N) is 2. The number of ketones is 1. The van der Waals surface area contributed by atoms with Crippen molar-refractivity contribution in [1.29, 1.82) is 0 Å². The topological polar surface area (TPSA) is 84.5 Å². The molecule has 2 amide bonds. The highest BCUT2D eigenvalue weighted by Crippen LogP contribution is 2.15. The van der Waals surface area contributed by atoms with Crippen molar-refractivity contribution in [2.45, 2.75) is 97.4 Å². The quantitative estimate of drug-likeness (QED) is 0.285. The minimum atomic E-state index is -0.691. The molecule has 6 nitrogen and oxygen atoms in total. The maximum absolute atomic E-state index is 12.3. The van der Waals surface area contributed by atoms with Gasteiger partial charge in [-0.25, -0.2) is 0 Å². The van der Waals surface area contributed by atoms with Crippen molar-refractivity contribution in [3.63, 3.8) is 0 Å². The van der Waals surface area contributed by atoms with Gasteiger partial charge in [-0.2, -0.15) is 0 Å². The van der Waals surface area contributed by atoms with Crippen LogP contribution >= 0.6 is 0 Å². The molecule has 0 saturated heterocycles. The molecule has 1 saturated carbocycles. The lowest BCUT2D eigenvalue weighted by molar-refractivity contribution is -0.130. The lowest BCUT2D eigenvalue weighted by Gasteiger charge is -2.18. The Morgan fingerprint density at radius 3 is 2.20 bits per heavy atom. The number of benzene rings is 1. The van der Waals surface area contributed by atoms with E-state index in [-0.39, 0.29) is 24.8 Å². The van der Waals surface area contributed by atoms with Crippen LogP contribution in [-0.2, 0) is 25.5 Å². The number of aryl methyl sites for hydroxylation is 1. The van der Waals surface area contributed by atoms with Crippen LogP contribution in [0, 0.1) is 6.92 Å². The fourth-order valence-electron chi connectivity index (χ4n) is 3.71. The van der Waals surface area contributed by atoms with Gasteiger partial charge in [0.1, 0.15) is 6.61 Å². The van der Waals surface area contributed by atoms with E-state index in [4.69, 9.17) is 4.74 Å². The van der Waals surface area contributed by atoms with E-state index in [0.717, 1.165) is 30.4 Å². The average Bonchev–Trinajstić information content (AvgIpc) is 2.88. The Morgan fingerprint density at radius 1 is 1.03 bits per heavy atom. The van der Waals surface area contributed by atoms with E-state index in [1.807, 2.05) is 51.1 Å². The Hall–Kier alpha value is -2.47. The lowest BCUT2D eigenvalue weighted by Crippen LogP contribution is -2.47. The first-order valence-corrected chi connectivity index (χ1v) is 13.2. The number of amides is 2. The molecular weight excluding hydrogens is 440 g/mol. The van der Waals surface area contributed by atoms with Crippen molar-refractivity contribution in [1.82, 2.24) is 10.6 Å². The van der Waals surface area contributed by atoms with E-state index in [0.29, 0.717) is 12.8 Å². The highest BCUT2D eigenvalue weighted by molar-refractivity contribution is 5.91. The first-order valence-electron chi connectivity index (χ1n) is 13.2. The summed E-state index contributed by atoms with van der Waals surface area (Å²) in [6.07, 6.45) is 14.1. The van der Waals surface area contributed by atoms with Crippen molar-refractivity contribution in [2.75, 3.05) is 20.3 Å². The third-order valence-corrected chi connectivity index (χ3v) is 5.54. The number of hydrogen-bond acceptors (Lipinski definition) is 4. The summed E-state index contributed by atoms with van der Waals surface area (Å²) in [6, 6.07) is 7.08. The fraction of sp³-hybridized carbons (Fsp3) is 0.621. The predicted octanol–water partition coefficient (Wildman–Crippen LogP) is 5.47. The molecule has 6 heteroatoms. The molecule has 1 aliphatic carbocycles. The van der Waals surface area contributed by atoms with E-state index in [9.17, 15) is 14.4 Å². The number of allylic oxidation sites excluding steroid dienone is 1. The predicted molar refractivity (Wildman–Crippen MR) is 144 cm³/mol. The van der Waals surface area contributed by atoms with E-state index in [2.05, 4.69) is 17.2 Å². The zero-order valence-corrected chi connectivity index (χ0v) is 22.5. The van der Waals surface area contributed by atoms with Crippen LogP contribution < -0.4 is 10.6 Å². The van der Waals surface area contributed by atoms with E-state index < -0.39 is 11.9 Å². The van der Waals surface area contributed by atoms with Crippen LogP contribution in [0.3, 0.4) is 0 Å². The zero-order valence-electron chi connectivity index (χ0n) is 22.5. The molecule has 2 N–H and O–H groups in total. The van der Waals surface area contributed by atoms with Gasteiger partial charge in [-0.3, -0.25) is 14.4 Å². The van der Waals surface area contributed by atoms with E-state index in [1.165, 1.54) is 45.6 Å². The Morgan fingerprint density at radius 2 is 1.66 bits per heavy atom. The number of unbranched alkanes of at least 4 members (excludes halogenated alkanes) is 2. The third kappa shape index (κ3) is 17.6. The Balaban J connectivity index is 0.00000123. The van der Waals surface area contributed by atoms with Crippen molar-refractivity contribution < 1.29 is 19.1 Å². The maximum atomic E-state index is 12.3. The molecule has 0 spiro atoms. The van der Waals surface area contributed by atoms with Gasteiger partial charge in [-0.05, 0) is 38.2 Å². The number of carbonyl (C=O) groups is 3. The second-order valence-corrected chi connectivity index (χ2v) is 8.65. The van der Waals surface area contributed by atoms with Gasteiger partial charge in [0, 0.05) is 13.5 Å². The van der Waals surface area contributed by atoms with Gasteiger partial charge in [0.15, 0.2) is 5.78 Å². The van der Waals surface area contributed by atoms with Crippen LogP contribution in [-0.4, -0.2) is 43.9 Å². The molecule has 1 aliphatic rings. The largest absolute Gasteiger partial charge is 0.377 e. The molecule has 1 atom stereocenters. The van der Waals surface area contributed by atoms with Crippen LogP contribution in [0.1, 0.15) is 89.2 Å². The molecule has 0 bridgehead atoms. The van der Waals surface area contributed by atoms with Gasteiger partial charge < -0.3 is 15.4 Å². The average molecular weight is 489 g/mol. The summed E-state index contributed by atoms with van der Waals surface area (Å²) in [5, 5.41) is 5.29. The van der Waals surface area contributed by atoms with Crippen LogP contribution in [0.4, 0.5) is 0 Å². The van der Waals surface area contributed by atoms with Gasteiger partial charge in [-0.1, -0.05) is 88.3 Å². The van der Waals surface area contributed by atoms with Crippen LogP contribution in [0.2, 0.25) is 0 Å². The molecule has 1 aromatic carbocycles. The van der Waals surface area contributed by atoms with Gasteiger partial charge in [0.05, 0.1) is 12.6 Å². The number of hydrogen-bond donors (Lipinski definition) is 2. The number of carbonyl (C=O) groups excluding carboxylic acids is 3. The molecule has 0 aromatic heterocycles. The van der Waals surface area contributed by atoms with Crippen LogP contribution in [0.25, 0.3) is 0 Å². The SMILES string of the molecule is C1CCCCC1.C=CCCCCC(=O)NCC(=O)NC(Cc1cccc(C)c1)C(=O)COC.CC. The van der Waals surface area contributed by atoms with Crippen LogP contribution in [0.15, 0.2) is 36.9 Å². The van der Waals surface area contributed by atoms with Gasteiger partial charge >= 0.3 is 0 Å². The summed E-state index contributed by atoms with van der Waals surface area (Å²) in [7, 11) is 1.44. The van der Waals surface area contributed by atoms with Crippen molar-refractivity contribution in [3.8, 4) is 0 Å². The highest BCUT2D eigenvalue weighted by atomic mass is 16.5. The molecule has 1 fully saturated rings. The Bertz CT molecular complexity index is 718.